The molecule has 2 amide bonds. The van der Waals surface area contributed by atoms with Gasteiger partial charge >= 0.3 is 6.03 Å². The molecule has 7 heteroatoms. The van der Waals surface area contributed by atoms with Gasteiger partial charge in [-0.05, 0) is 44.9 Å². The number of aromatic nitrogens is 1. The monoisotopic (exact) mass is 340 g/mol. The molecule has 0 atom stereocenters. The van der Waals surface area contributed by atoms with Crippen LogP contribution in [0.4, 0.5) is 10.5 Å². The van der Waals surface area contributed by atoms with Crippen molar-refractivity contribution in [1.82, 2.24) is 14.8 Å². The lowest BCUT2D eigenvalue weighted by atomic mass is 10.0. The first-order chi connectivity index (χ1) is 11.0. The van der Waals surface area contributed by atoms with Crippen LogP contribution in [0.2, 0.25) is 5.15 Å². The number of aryl methyl sites for hydroxylation is 1. The van der Waals surface area contributed by atoms with Gasteiger partial charge in [-0.1, -0.05) is 11.6 Å². The van der Waals surface area contributed by atoms with Crippen molar-refractivity contribution in [3.05, 3.63) is 23.0 Å². The van der Waals surface area contributed by atoms with E-state index in [0.717, 1.165) is 44.5 Å². The van der Waals surface area contributed by atoms with Gasteiger partial charge in [0, 0.05) is 32.3 Å². The van der Waals surface area contributed by atoms with Crippen LogP contribution in [0.1, 0.15) is 24.8 Å². The van der Waals surface area contributed by atoms with Gasteiger partial charge in [0.05, 0.1) is 11.9 Å². The third-order valence-corrected chi connectivity index (χ3v) is 4.71. The van der Waals surface area contributed by atoms with Gasteiger partial charge in [0.15, 0.2) is 0 Å². The number of halogens is 1. The Morgan fingerprint density at radius 2 is 2.22 bits per heavy atom. The van der Waals surface area contributed by atoms with Crippen molar-refractivity contribution in [1.29, 1.82) is 0 Å². The number of amides is 2. The fourth-order valence-corrected chi connectivity index (χ4v) is 2.94. The third kappa shape index (κ3) is 5.06. The van der Waals surface area contributed by atoms with Gasteiger partial charge in [-0.15, -0.1) is 0 Å². The Hall–Kier alpha value is -1.37. The topological polar surface area (TPSA) is 68.7 Å². The number of carbonyl (C=O) groups is 1. The van der Waals surface area contributed by atoms with Crippen LogP contribution in [0.15, 0.2) is 12.3 Å². The molecule has 2 rings (SSSR count). The average Bonchev–Trinajstić information content (AvgIpc) is 2.56. The van der Waals surface area contributed by atoms with E-state index in [9.17, 15) is 4.79 Å². The number of hydrogen-bond acceptors (Lipinski definition) is 4. The molecule has 0 aliphatic carbocycles. The number of anilines is 1. The Morgan fingerprint density at radius 1 is 1.52 bits per heavy atom. The SMILES string of the molecule is Cc1cc(NC(=O)N2CCC(N(C)CCCO)CC2)cnc1Cl. The molecule has 1 aliphatic heterocycles. The number of nitrogens with zero attached hydrogens (tertiary/aromatic N) is 3. The molecule has 0 aromatic carbocycles. The summed E-state index contributed by atoms with van der Waals surface area (Å²) < 4.78 is 0. The lowest BCUT2D eigenvalue weighted by Gasteiger charge is -2.36. The average molecular weight is 341 g/mol. The van der Waals surface area contributed by atoms with Gasteiger partial charge in [-0.2, -0.15) is 0 Å². The Balaban J connectivity index is 1.82. The maximum atomic E-state index is 12.3. The zero-order valence-corrected chi connectivity index (χ0v) is 14.5. The van der Waals surface area contributed by atoms with Crippen molar-refractivity contribution in [2.45, 2.75) is 32.2 Å². The molecule has 128 valence electrons. The molecule has 2 heterocycles. The number of urea groups is 1. The van der Waals surface area contributed by atoms with Crippen molar-refractivity contribution < 1.29 is 9.90 Å². The van der Waals surface area contributed by atoms with Gasteiger partial charge in [-0.25, -0.2) is 9.78 Å². The van der Waals surface area contributed by atoms with E-state index >= 15 is 0 Å². The zero-order valence-electron chi connectivity index (χ0n) is 13.8. The molecule has 0 radical (unpaired) electrons. The van der Waals surface area contributed by atoms with Crippen LogP contribution in [0.3, 0.4) is 0 Å². The van der Waals surface area contributed by atoms with Crippen LogP contribution in [-0.4, -0.2) is 65.3 Å². The van der Waals surface area contributed by atoms with Gasteiger partial charge in [0.1, 0.15) is 5.15 Å². The molecule has 0 unspecified atom stereocenters. The number of rotatable bonds is 5. The number of pyridine rings is 1. The Bertz CT molecular complexity index is 533. The van der Waals surface area contributed by atoms with E-state index < -0.39 is 0 Å². The first-order valence-electron chi connectivity index (χ1n) is 8.00. The minimum Gasteiger partial charge on any atom is -0.396 e. The predicted octanol–water partition coefficient (Wildman–Crippen LogP) is 2.35. The van der Waals surface area contributed by atoms with E-state index in [1.54, 1.807) is 6.20 Å². The minimum absolute atomic E-state index is 0.0926. The first kappa shape index (κ1) is 18.0. The number of likely N-dealkylation sites (tertiary alicyclic amines) is 1. The number of hydrogen-bond donors (Lipinski definition) is 2. The van der Waals surface area contributed by atoms with E-state index in [2.05, 4.69) is 22.2 Å². The molecule has 1 saturated heterocycles. The standard InChI is InChI=1S/C16H25ClN4O2/c1-12-10-13(11-18-15(12)17)19-16(23)21-7-4-14(5-8-21)20(2)6-3-9-22/h10-11,14,22H,3-9H2,1-2H3,(H,19,23). The van der Waals surface area contributed by atoms with Crippen molar-refractivity contribution >= 4 is 23.3 Å². The van der Waals surface area contributed by atoms with E-state index in [1.165, 1.54) is 0 Å². The summed E-state index contributed by atoms with van der Waals surface area (Å²) in [7, 11) is 2.08. The fraction of sp³-hybridized carbons (Fsp3) is 0.625. The normalized spacial score (nSPS) is 16.0. The van der Waals surface area contributed by atoms with Crippen LogP contribution in [0.25, 0.3) is 0 Å². The maximum absolute atomic E-state index is 12.3. The molecule has 2 N–H and O–H groups in total. The zero-order chi connectivity index (χ0) is 16.8. The molecular formula is C16H25ClN4O2. The second-order valence-corrected chi connectivity index (χ2v) is 6.40. The van der Waals surface area contributed by atoms with E-state index in [-0.39, 0.29) is 12.6 Å². The van der Waals surface area contributed by atoms with Crippen molar-refractivity contribution in [2.24, 2.45) is 0 Å². The summed E-state index contributed by atoms with van der Waals surface area (Å²) in [6.45, 7) is 4.45. The molecule has 0 spiro atoms. The number of carbonyl (C=O) groups excluding carboxylic acids is 1. The first-order valence-corrected chi connectivity index (χ1v) is 8.38. The molecule has 1 aliphatic rings. The van der Waals surface area contributed by atoms with Gasteiger partial charge in [0.2, 0.25) is 0 Å². The number of nitrogens with one attached hydrogen (secondary N) is 1. The highest BCUT2D eigenvalue weighted by Crippen LogP contribution is 2.19. The molecular weight excluding hydrogens is 316 g/mol. The Morgan fingerprint density at radius 3 is 2.83 bits per heavy atom. The number of aliphatic hydroxyl groups excluding tert-OH is 1. The molecule has 23 heavy (non-hydrogen) atoms. The van der Waals surface area contributed by atoms with Crippen molar-refractivity contribution in [2.75, 3.05) is 38.6 Å². The Kier molecular flexibility index (Phi) is 6.62. The van der Waals surface area contributed by atoms with Crippen LogP contribution in [0, 0.1) is 6.92 Å². The van der Waals surface area contributed by atoms with Gasteiger partial charge in [-0.3, -0.25) is 0 Å². The van der Waals surface area contributed by atoms with Crippen LogP contribution in [-0.2, 0) is 0 Å². The molecule has 1 fully saturated rings. The molecule has 0 bridgehead atoms. The molecule has 6 nitrogen and oxygen atoms in total. The van der Waals surface area contributed by atoms with Gasteiger partial charge in [0.25, 0.3) is 0 Å². The second-order valence-electron chi connectivity index (χ2n) is 6.04. The summed E-state index contributed by atoms with van der Waals surface area (Å²) in [6, 6.07) is 2.21. The highest BCUT2D eigenvalue weighted by molar-refractivity contribution is 6.30. The van der Waals surface area contributed by atoms with Crippen molar-refractivity contribution in [3.63, 3.8) is 0 Å². The van der Waals surface area contributed by atoms with Gasteiger partial charge < -0.3 is 20.2 Å². The lowest BCUT2D eigenvalue weighted by Crippen LogP contribution is -2.47. The largest absolute Gasteiger partial charge is 0.396 e. The Labute approximate surface area is 142 Å². The fourth-order valence-electron chi connectivity index (χ4n) is 2.84. The molecule has 1 aromatic heterocycles. The summed E-state index contributed by atoms with van der Waals surface area (Å²) in [5.41, 5.74) is 1.51. The number of aliphatic hydroxyl groups is 1. The second kappa shape index (κ2) is 8.47. The van der Waals surface area contributed by atoms with Crippen LogP contribution in [0.5, 0.6) is 0 Å². The summed E-state index contributed by atoms with van der Waals surface area (Å²) in [5, 5.41) is 12.2. The van der Waals surface area contributed by atoms with E-state index in [4.69, 9.17) is 16.7 Å². The smallest absolute Gasteiger partial charge is 0.321 e. The maximum Gasteiger partial charge on any atom is 0.321 e. The highest BCUT2D eigenvalue weighted by atomic mass is 35.5. The summed E-state index contributed by atoms with van der Waals surface area (Å²) in [5.74, 6) is 0. The van der Waals surface area contributed by atoms with E-state index in [0.29, 0.717) is 16.9 Å². The predicted molar refractivity (Wildman–Crippen MR) is 91.9 cm³/mol. The summed E-state index contributed by atoms with van der Waals surface area (Å²) >= 11 is 5.89. The quantitative estimate of drug-likeness (QED) is 0.807. The van der Waals surface area contributed by atoms with Crippen LogP contribution >= 0.6 is 11.6 Å². The van der Waals surface area contributed by atoms with Crippen molar-refractivity contribution in [3.8, 4) is 0 Å². The molecule has 0 saturated carbocycles. The summed E-state index contributed by atoms with van der Waals surface area (Å²) in [4.78, 5) is 20.5. The highest BCUT2D eigenvalue weighted by Gasteiger charge is 2.25. The minimum atomic E-state index is -0.0926. The summed E-state index contributed by atoms with van der Waals surface area (Å²) in [6.07, 6.45) is 4.27. The number of piperidine rings is 1. The third-order valence-electron chi connectivity index (χ3n) is 4.31. The molecule has 1 aromatic rings. The van der Waals surface area contributed by atoms with E-state index in [1.807, 2.05) is 17.9 Å². The lowest BCUT2D eigenvalue weighted by molar-refractivity contribution is 0.134. The van der Waals surface area contributed by atoms with Crippen LogP contribution < -0.4 is 5.32 Å².